The van der Waals surface area contributed by atoms with Crippen LogP contribution >= 0.6 is 0 Å². The average Bonchev–Trinajstić information content (AvgIpc) is 2.17. The molecule has 1 aromatic heterocycles. The van der Waals surface area contributed by atoms with Crippen molar-refractivity contribution in [3.8, 4) is 0 Å². The molecule has 4 heteroatoms. The first-order valence-electron chi connectivity index (χ1n) is 5.29. The van der Waals surface area contributed by atoms with Gasteiger partial charge in [-0.1, -0.05) is 0 Å². The van der Waals surface area contributed by atoms with Gasteiger partial charge in [0.25, 0.3) is 0 Å². The summed E-state index contributed by atoms with van der Waals surface area (Å²) >= 11 is 0. The Labute approximate surface area is 90.8 Å². The number of aryl methyl sites for hydroxylation is 2. The van der Waals surface area contributed by atoms with E-state index in [1.165, 1.54) is 0 Å². The van der Waals surface area contributed by atoms with Crippen LogP contribution in [0.3, 0.4) is 0 Å². The first kappa shape index (κ1) is 12.1. The van der Waals surface area contributed by atoms with E-state index in [0.29, 0.717) is 0 Å². The van der Waals surface area contributed by atoms with Crippen LogP contribution in [-0.4, -0.2) is 28.2 Å². The molecule has 1 unspecified atom stereocenters. The van der Waals surface area contributed by atoms with Crippen LogP contribution in [0.5, 0.6) is 0 Å². The van der Waals surface area contributed by atoms with Crippen molar-refractivity contribution in [1.29, 1.82) is 0 Å². The molecule has 0 saturated carbocycles. The Morgan fingerprint density at radius 1 is 1.47 bits per heavy atom. The largest absolute Gasteiger partial charge is 0.396 e. The summed E-state index contributed by atoms with van der Waals surface area (Å²) < 4.78 is 0. The minimum absolute atomic E-state index is 0.225. The number of hydrogen-bond acceptors (Lipinski definition) is 4. The van der Waals surface area contributed by atoms with Crippen molar-refractivity contribution < 1.29 is 5.11 Å². The molecule has 2 N–H and O–H groups in total. The lowest BCUT2D eigenvalue weighted by molar-refractivity contribution is 0.284. The van der Waals surface area contributed by atoms with Crippen LogP contribution < -0.4 is 5.32 Å². The van der Waals surface area contributed by atoms with E-state index >= 15 is 0 Å². The predicted octanol–water partition coefficient (Wildman–Crippen LogP) is 1.13. The van der Waals surface area contributed by atoms with E-state index in [4.69, 9.17) is 5.11 Å². The molecule has 1 heterocycles. The van der Waals surface area contributed by atoms with E-state index in [1.54, 1.807) is 0 Å². The molecule has 0 aliphatic rings. The van der Waals surface area contributed by atoms with Gasteiger partial charge in [-0.05, 0) is 33.7 Å². The number of rotatable bonds is 5. The minimum atomic E-state index is 0.225. The summed E-state index contributed by atoms with van der Waals surface area (Å²) in [6.45, 7) is 7.00. The van der Waals surface area contributed by atoms with E-state index in [2.05, 4.69) is 22.2 Å². The summed E-state index contributed by atoms with van der Waals surface area (Å²) in [6.07, 6.45) is 2.64. The molecule has 0 saturated heterocycles. The third-order valence-corrected chi connectivity index (χ3v) is 2.39. The van der Waals surface area contributed by atoms with Crippen LogP contribution in [0.2, 0.25) is 0 Å². The highest BCUT2D eigenvalue weighted by atomic mass is 16.3. The van der Waals surface area contributed by atoms with E-state index in [-0.39, 0.29) is 12.6 Å². The smallest absolute Gasteiger partial charge is 0.125 e. The molecule has 0 radical (unpaired) electrons. The van der Waals surface area contributed by atoms with Gasteiger partial charge in [0.1, 0.15) is 5.82 Å². The van der Waals surface area contributed by atoms with Crippen LogP contribution in [0.25, 0.3) is 0 Å². The maximum atomic E-state index is 8.68. The second-order valence-corrected chi connectivity index (χ2v) is 3.71. The fourth-order valence-electron chi connectivity index (χ4n) is 1.53. The molecule has 1 aromatic rings. The average molecular weight is 209 g/mol. The first-order valence-corrected chi connectivity index (χ1v) is 5.29. The van der Waals surface area contributed by atoms with Gasteiger partial charge in [0.15, 0.2) is 0 Å². The molecule has 0 fully saturated rings. The van der Waals surface area contributed by atoms with Gasteiger partial charge in [0.05, 0.1) is 0 Å². The van der Waals surface area contributed by atoms with Crippen LogP contribution in [0.4, 0.5) is 0 Å². The van der Waals surface area contributed by atoms with Gasteiger partial charge >= 0.3 is 0 Å². The number of aromatic nitrogens is 2. The van der Waals surface area contributed by atoms with Gasteiger partial charge in [-0.3, -0.25) is 0 Å². The maximum absolute atomic E-state index is 8.68. The minimum Gasteiger partial charge on any atom is -0.396 e. The van der Waals surface area contributed by atoms with Crippen LogP contribution in [0.1, 0.15) is 36.5 Å². The number of aliphatic hydroxyl groups excluding tert-OH is 1. The first-order chi connectivity index (χ1) is 7.15. The molecule has 84 valence electrons. The molecule has 0 amide bonds. The van der Waals surface area contributed by atoms with E-state index in [0.717, 1.165) is 30.0 Å². The van der Waals surface area contributed by atoms with Gasteiger partial charge in [0, 0.05) is 30.1 Å². The van der Waals surface area contributed by atoms with E-state index < -0.39 is 0 Å². The third-order valence-electron chi connectivity index (χ3n) is 2.39. The van der Waals surface area contributed by atoms with Crippen LogP contribution in [0.15, 0.2) is 6.20 Å². The summed E-state index contributed by atoms with van der Waals surface area (Å²) in [7, 11) is 0. The van der Waals surface area contributed by atoms with Gasteiger partial charge < -0.3 is 10.4 Å². The van der Waals surface area contributed by atoms with Gasteiger partial charge in [-0.2, -0.15) is 0 Å². The second kappa shape index (κ2) is 5.78. The quantitative estimate of drug-likeness (QED) is 0.714. The van der Waals surface area contributed by atoms with Gasteiger partial charge in [-0.15, -0.1) is 0 Å². The van der Waals surface area contributed by atoms with Crippen molar-refractivity contribution >= 4 is 0 Å². The lowest BCUT2D eigenvalue weighted by Gasteiger charge is -2.15. The number of nitrogens with one attached hydrogen (secondary N) is 1. The predicted molar refractivity (Wildman–Crippen MR) is 59.6 cm³/mol. The van der Waals surface area contributed by atoms with Crippen molar-refractivity contribution in [2.45, 2.75) is 33.2 Å². The van der Waals surface area contributed by atoms with Crippen molar-refractivity contribution in [2.24, 2.45) is 0 Å². The van der Waals surface area contributed by atoms with Crippen molar-refractivity contribution in [2.75, 3.05) is 13.2 Å². The maximum Gasteiger partial charge on any atom is 0.125 e. The highest BCUT2D eigenvalue weighted by molar-refractivity contribution is 5.19. The van der Waals surface area contributed by atoms with Gasteiger partial charge in [-0.25, -0.2) is 9.97 Å². The van der Waals surface area contributed by atoms with E-state index in [1.807, 2.05) is 20.0 Å². The highest BCUT2D eigenvalue weighted by Crippen LogP contribution is 2.14. The topological polar surface area (TPSA) is 58.0 Å². The standard InChI is InChI=1S/C11H19N3O/c1-8(12-5-4-6-15)11-7-13-10(3)14-9(11)2/h7-8,12,15H,4-6H2,1-3H3. The summed E-state index contributed by atoms with van der Waals surface area (Å²) in [5.41, 5.74) is 2.14. The number of hydrogen-bond donors (Lipinski definition) is 2. The lowest BCUT2D eigenvalue weighted by atomic mass is 10.1. The molecular weight excluding hydrogens is 190 g/mol. The molecule has 0 aliphatic carbocycles. The Kier molecular flexibility index (Phi) is 4.65. The van der Waals surface area contributed by atoms with Crippen molar-refractivity contribution in [3.05, 3.63) is 23.3 Å². The fraction of sp³-hybridized carbons (Fsp3) is 0.636. The summed E-state index contributed by atoms with van der Waals surface area (Å²) in [5, 5.41) is 12.0. The molecule has 0 bridgehead atoms. The highest BCUT2D eigenvalue weighted by Gasteiger charge is 2.08. The Balaban J connectivity index is 2.61. The molecule has 4 nitrogen and oxygen atoms in total. The summed E-state index contributed by atoms with van der Waals surface area (Å²) in [5.74, 6) is 0.804. The molecule has 0 spiro atoms. The Morgan fingerprint density at radius 2 is 2.20 bits per heavy atom. The number of aliphatic hydroxyl groups is 1. The van der Waals surface area contributed by atoms with Crippen LogP contribution in [-0.2, 0) is 0 Å². The normalized spacial score (nSPS) is 12.8. The fourth-order valence-corrected chi connectivity index (χ4v) is 1.53. The monoisotopic (exact) mass is 209 g/mol. The zero-order chi connectivity index (χ0) is 11.3. The van der Waals surface area contributed by atoms with Crippen LogP contribution in [0, 0.1) is 13.8 Å². The van der Waals surface area contributed by atoms with Crippen molar-refractivity contribution in [1.82, 2.24) is 15.3 Å². The Morgan fingerprint density at radius 3 is 2.80 bits per heavy atom. The molecule has 1 rings (SSSR count). The summed E-state index contributed by atoms with van der Waals surface area (Å²) in [4.78, 5) is 8.51. The third kappa shape index (κ3) is 3.57. The van der Waals surface area contributed by atoms with Crippen molar-refractivity contribution in [3.63, 3.8) is 0 Å². The molecule has 15 heavy (non-hydrogen) atoms. The zero-order valence-corrected chi connectivity index (χ0v) is 9.62. The number of nitrogens with zero attached hydrogens (tertiary/aromatic N) is 2. The Bertz CT molecular complexity index is 315. The molecule has 0 aromatic carbocycles. The van der Waals surface area contributed by atoms with E-state index in [9.17, 15) is 0 Å². The summed E-state index contributed by atoms with van der Waals surface area (Å²) in [6, 6.07) is 0.233. The lowest BCUT2D eigenvalue weighted by Crippen LogP contribution is -2.22. The zero-order valence-electron chi connectivity index (χ0n) is 9.62. The molecule has 1 atom stereocenters. The Hall–Kier alpha value is -1.00. The second-order valence-electron chi connectivity index (χ2n) is 3.71. The SMILES string of the molecule is Cc1ncc(C(C)NCCCO)c(C)n1. The molecule has 0 aliphatic heterocycles. The van der Waals surface area contributed by atoms with Gasteiger partial charge in [0.2, 0.25) is 0 Å². The molecular formula is C11H19N3O.